The highest BCUT2D eigenvalue weighted by Crippen LogP contribution is 2.24. The van der Waals surface area contributed by atoms with E-state index in [0.29, 0.717) is 12.0 Å². The van der Waals surface area contributed by atoms with Gasteiger partial charge in [0.2, 0.25) is 0 Å². The fraction of sp³-hybridized carbons (Fsp3) is 0.647. The highest BCUT2D eigenvalue weighted by molar-refractivity contribution is 5.51. The van der Waals surface area contributed by atoms with Crippen LogP contribution in [0.15, 0.2) is 18.2 Å². The van der Waals surface area contributed by atoms with E-state index in [-0.39, 0.29) is 6.61 Å². The van der Waals surface area contributed by atoms with Crippen molar-refractivity contribution in [3.05, 3.63) is 29.3 Å². The first kappa shape index (κ1) is 16.0. The summed E-state index contributed by atoms with van der Waals surface area (Å²) in [6.07, 6.45) is 2.34. The lowest BCUT2D eigenvalue weighted by Crippen LogP contribution is -2.37. The molecule has 0 aliphatic rings. The van der Waals surface area contributed by atoms with Gasteiger partial charge in [-0.05, 0) is 48.9 Å². The predicted octanol–water partition coefficient (Wildman–Crippen LogP) is 4.14. The first-order chi connectivity index (χ1) is 9.03. The van der Waals surface area contributed by atoms with Gasteiger partial charge in [0, 0.05) is 18.3 Å². The van der Waals surface area contributed by atoms with E-state index in [2.05, 4.69) is 57.7 Å². The molecule has 0 aliphatic heterocycles. The zero-order valence-electron chi connectivity index (χ0n) is 13.1. The second-order valence-electron chi connectivity index (χ2n) is 5.79. The molecule has 0 saturated heterocycles. The SMILES string of the molecule is CCC(CC)N(CC(C)C)c1ccc(CO)c(C)c1. The molecule has 2 nitrogen and oxygen atoms in total. The maximum atomic E-state index is 9.28. The number of nitrogens with zero attached hydrogens (tertiary/aromatic N) is 1. The van der Waals surface area contributed by atoms with Gasteiger partial charge in [-0.25, -0.2) is 0 Å². The van der Waals surface area contributed by atoms with Crippen molar-refractivity contribution in [2.75, 3.05) is 11.4 Å². The van der Waals surface area contributed by atoms with Crippen LogP contribution < -0.4 is 4.90 Å². The molecule has 0 atom stereocenters. The minimum absolute atomic E-state index is 0.126. The van der Waals surface area contributed by atoms with Gasteiger partial charge in [-0.3, -0.25) is 0 Å². The number of hydrogen-bond acceptors (Lipinski definition) is 2. The molecule has 0 spiro atoms. The van der Waals surface area contributed by atoms with Crippen molar-refractivity contribution in [1.29, 1.82) is 0 Å². The molecular formula is C17H29NO. The Bertz CT molecular complexity index is 383. The number of aliphatic hydroxyl groups excluding tert-OH is 1. The van der Waals surface area contributed by atoms with Crippen molar-refractivity contribution < 1.29 is 5.11 Å². The van der Waals surface area contributed by atoms with Crippen LogP contribution in [0.5, 0.6) is 0 Å². The molecule has 19 heavy (non-hydrogen) atoms. The lowest BCUT2D eigenvalue weighted by atomic mass is 10.0. The maximum Gasteiger partial charge on any atom is 0.0684 e. The molecular weight excluding hydrogens is 234 g/mol. The number of hydrogen-bond donors (Lipinski definition) is 1. The van der Waals surface area contributed by atoms with E-state index < -0.39 is 0 Å². The Hall–Kier alpha value is -1.02. The van der Waals surface area contributed by atoms with Crippen LogP contribution in [-0.4, -0.2) is 17.7 Å². The summed E-state index contributed by atoms with van der Waals surface area (Å²) in [5.74, 6) is 0.651. The molecule has 0 aliphatic carbocycles. The van der Waals surface area contributed by atoms with Crippen LogP contribution in [0, 0.1) is 12.8 Å². The Morgan fingerprint density at radius 3 is 2.21 bits per heavy atom. The molecule has 108 valence electrons. The molecule has 0 amide bonds. The standard InChI is InChI=1S/C17H29NO/c1-6-16(7-2)18(11-13(3)4)17-9-8-15(12-19)14(5)10-17/h8-10,13,16,19H,6-7,11-12H2,1-5H3. The van der Waals surface area contributed by atoms with Crippen LogP contribution in [0.4, 0.5) is 5.69 Å². The Kier molecular flexibility index (Phi) is 6.36. The number of anilines is 1. The van der Waals surface area contributed by atoms with E-state index in [1.54, 1.807) is 0 Å². The molecule has 0 unspecified atom stereocenters. The number of benzene rings is 1. The van der Waals surface area contributed by atoms with Gasteiger partial charge in [-0.2, -0.15) is 0 Å². The molecule has 1 rings (SSSR count). The van der Waals surface area contributed by atoms with E-state index in [1.165, 1.54) is 24.1 Å². The van der Waals surface area contributed by atoms with E-state index in [0.717, 1.165) is 12.1 Å². The first-order valence-electron chi connectivity index (χ1n) is 7.50. The fourth-order valence-electron chi connectivity index (χ4n) is 2.62. The molecule has 0 aromatic heterocycles. The summed E-state index contributed by atoms with van der Waals surface area (Å²) in [7, 11) is 0. The minimum atomic E-state index is 0.126. The van der Waals surface area contributed by atoms with Gasteiger partial charge < -0.3 is 10.0 Å². The highest BCUT2D eigenvalue weighted by Gasteiger charge is 2.17. The molecule has 0 saturated carbocycles. The average molecular weight is 263 g/mol. The lowest BCUT2D eigenvalue weighted by molar-refractivity contribution is 0.281. The van der Waals surface area contributed by atoms with Crippen molar-refractivity contribution in [3.63, 3.8) is 0 Å². The van der Waals surface area contributed by atoms with Gasteiger partial charge in [-0.15, -0.1) is 0 Å². The second-order valence-corrected chi connectivity index (χ2v) is 5.79. The number of aliphatic hydroxyl groups is 1. The van der Waals surface area contributed by atoms with E-state index in [4.69, 9.17) is 0 Å². The zero-order valence-corrected chi connectivity index (χ0v) is 13.1. The van der Waals surface area contributed by atoms with E-state index >= 15 is 0 Å². The summed E-state index contributed by atoms with van der Waals surface area (Å²) in [5.41, 5.74) is 3.50. The molecule has 0 heterocycles. The lowest BCUT2D eigenvalue weighted by Gasteiger charge is -2.34. The smallest absolute Gasteiger partial charge is 0.0684 e. The van der Waals surface area contributed by atoms with Crippen molar-refractivity contribution in [1.82, 2.24) is 0 Å². The van der Waals surface area contributed by atoms with Gasteiger partial charge in [0.1, 0.15) is 0 Å². The van der Waals surface area contributed by atoms with E-state index in [1.807, 2.05) is 0 Å². The van der Waals surface area contributed by atoms with E-state index in [9.17, 15) is 5.11 Å². The largest absolute Gasteiger partial charge is 0.392 e. The number of aryl methyl sites for hydroxylation is 1. The van der Waals surface area contributed by atoms with Crippen molar-refractivity contribution >= 4 is 5.69 Å². The van der Waals surface area contributed by atoms with Crippen LogP contribution in [0.2, 0.25) is 0 Å². The normalized spacial score (nSPS) is 11.4. The third-order valence-corrected chi connectivity index (χ3v) is 3.77. The van der Waals surface area contributed by atoms with Crippen molar-refractivity contribution in [2.24, 2.45) is 5.92 Å². The van der Waals surface area contributed by atoms with Gasteiger partial charge in [-0.1, -0.05) is 33.8 Å². The van der Waals surface area contributed by atoms with Crippen LogP contribution in [0.1, 0.15) is 51.7 Å². The summed E-state index contributed by atoms with van der Waals surface area (Å²) >= 11 is 0. The van der Waals surface area contributed by atoms with Crippen LogP contribution in [0.25, 0.3) is 0 Å². The molecule has 0 bridgehead atoms. The summed E-state index contributed by atoms with van der Waals surface area (Å²) in [6.45, 7) is 12.3. The van der Waals surface area contributed by atoms with Crippen LogP contribution in [-0.2, 0) is 6.61 Å². The molecule has 0 radical (unpaired) electrons. The Morgan fingerprint density at radius 1 is 1.16 bits per heavy atom. The first-order valence-corrected chi connectivity index (χ1v) is 7.50. The van der Waals surface area contributed by atoms with Gasteiger partial charge in [0.15, 0.2) is 0 Å². The number of rotatable bonds is 7. The zero-order chi connectivity index (χ0) is 14.4. The van der Waals surface area contributed by atoms with Crippen LogP contribution in [0.3, 0.4) is 0 Å². The predicted molar refractivity (Wildman–Crippen MR) is 83.7 cm³/mol. The van der Waals surface area contributed by atoms with Gasteiger partial charge in [0.05, 0.1) is 6.61 Å². The molecule has 2 heteroatoms. The molecule has 1 aromatic carbocycles. The highest BCUT2D eigenvalue weighted by atomic mass is 16.3. The monoisotopic (exact) mass is 263 g/mol. The van der Waals surface area contributed by atoms with Crippen molar-refractivity contribution in [2.45, 2.75) is 60.1 Å². The Labute approximate surface area is 118 Å². The minimum Gasteiger partial charge on any atom is -0.392 e. The summed E-state index contributed by atoms with van der Waals surface area (Å²) in [4.78, 5) is 2.53. The molecule has 0 fully saturated rings. The second kappa shape index (κ2) is 7.54. The van der Waals surface area contributed by atoms with Crippen molar-refractivity contribution in [3.8, 4) is 0 Å². The fourth-order valence-corrected chi connectivity index (χ4v) is 2.62. The average Bonchev–Trinajstić information content (AvgIpc) is 2.38. The topological polar surface area (TPSA) is 23.5 Å². The summed E-state index contributed by atoms with van der Waals surface area (Å²) < 4.78 is 0. The third-order valence-electron chi connectivity index (χ3n) is 3.77. The maximum absolute atomic E-state index is 9.28. The van der Waals surface area contributed by atoms with Crippen LogP contribution >= 0.6 is 0 Å². The summed E-state index contributed by atoms with van der Waals surface area (Å²) in [5, 5.41) is 9.28. The van der Waals surface area contributed by atoms with Gasteiger partial charge >= 0.3 is 0 Å². The third kappa shape index (κ3) is 4.24. The Morgan fingerprint density at radius 2 is 1.79 bits per heavy atom. The molecule has 1 N–H and O–H groups in total. The Balaban J connectivity index is 3.05. The van der Waals surface area contributed by atoms with Gasteiger partial charge in [0.25, 0.3) is 0 Å². The quantitative estimate of drug-likeness (QED) is 0.799. The summed E-state index contributed by atoms with van der Waals surface area (Å²) in [6, 6.07) is 7.02. The molecule has 1 aromatic rings.